The van der Waals surface area contributed by atoms with E-state index in [9.17, 15) is 19.8 Å². The molecule has 0 saturated heterocycles. The van der Waals surface area contributed by atoms with Crippen LogP contribution >= 0.6 is 0 Å². The van der Waals surface area contributed by atoms with Gasteiger partial charge in [-0.05, 0) is 30.8 Å². The summed E-state index contributed by atoms with van der Waals surface area (Å²) < 4.78 is 6.57. The Morgan fingerprint density at radius 3 is 2.72 bits per heavy atom. The second kappa shape index (κ2) is 5.43. The van der Waals surface area contributed by atoms with E-state index >= 15 is 0 Å². The maximum Gasteiger partial charge on any atom is 0.340 e. The van der Waals surface area contributed by atoms with Crippen LogP contribution in [0, 0.1) is 0 Å². The largest absolute Gasteiger partial charge is 0.508 e. The van der Waals surface area contributed by atoms with Crippen molar-refractivity contribution in [2.24, 2.45) is 0 Å². The van der Waals surface area contributed by atoms with Crippen molar-refractivity contribution in [3.63, 3.8) is 0 Å². The molecular weight excluding hydrogens is 374 g/mol. The first-order valence-electron chi connectivity index (χ1n) is 9.40. The number of rotatable bonds is 0. The number of aliphatic hydroxyl groups is 1. The van der Waals surface area contributed by atoms with Gasteiger partial charge in [-0.15, -0.1) is 0 Å². The molecule has 2 aromatic heterocycles. The molecule has 29 heavy (non-hydrogen) atoms. The molecule has 8 heteroatoms. The Morgan fingerprint density at radius 1 is 1.10 bits per heavy atom. The fourth-order valence-electron chi connectivity index (χ4n) is 4.81. The van der Waals surface area contributed by atoms with E-state index in [-0.39, 0.29) is 17.9 Å². The molecule has 1 aromatic carbocycles. The van der Waals surface area contributed by atoms with Crippen LogP contribution in [0.4, 0.5) is 0 Å². The standard InChI is InChI=1S/C21H17N3O5/c1-23-5-10-11-7-24-15(4-9-13(20(24)27)8-29-21(28)19(9)26)18(11)22-14-2-3-16(25)12(6-23)17(10)14/h2-4,19,25-26H,5-8H2,1H3. The summed E-state index contributed by atoms with van der Waals surface area (Å²) in [6, 6.07) is 5.12. The Kier molecular flexibility index (Phi) is 3.13. The summed E-state index contributed by atoms with van der Waals surface area (Å²) >= 11 is 0. The highest BCUT2D eigenvalue weighted by atomic mass is 16.5. The summed E-state index contributed by atoms with van der Waals surface area (Å²) in [6.07, 6.45) is -1.46. The molecule has 0 saturated carbocycles. The Hall–Kier alpha value is -3.23. The molecule has 0 aliphatic carbocycles. The van der Waals surface area contributed by atoms with Crippen molar-refractivity contribution < 1.29 is 19.7 Å². The van der Waals surface area contributed by atoms with Gasteiger partial charge in [0.2, 0.25) is 0 Å². The van der Waals surface area contributed by atoms with Crippen LogP contribution in [-0.2, 0) is 35.8 Å². The van der Waals surface area contributed by atoms with Gasteiger partial charge in [-0.2, -0.15) is 0 Å². The van der Waals surface area contributed by atoms with Gasteiger partial charge in [0.25, 0.3) is 5.56 Å². The minimum absolute atomic E-state index is 0.135. The Balaban J connectivity index is 1.67. The monoisotopic (exact) mass is 391 g/mol. The van der Waals surface area contributed by atoms with Crippen LogP contribution in [-0.4, -0.2) is 37.7 Å². The van der Waals surface area contributed by atoms with E-state index in [4.69, 9.17) is 9.72 Å². The van der Waals surface area contributed by atoms with Crippen LogP contribution < -0.4 is 5.56 Å². The number of hydrogen-bond donors (Lipinski definition) is 2. The van der Waals surface area contributed by atoms with Crippen LogP contribution in [0.5, 0.6) is 5.75 Å². The molecule has 0 amide bonds. The second-order valence-corrected chi connectivity index (χ2v) is 7.91. The normalized spacial score (nSPS) is 19.7. The summed E-state index contributed by atoms with van der Waals surface area (Å²) in [5.41, 5.74) is 5.22. The number of ether oxygens (including phenoxy) is 1. The molecular formula is C21H17N3O5. The third kappa shape index (κ3) is 2.07. The topological polar surface area (TPSA) is 105 Å². The van der Waals surface area contributed by atoms with Crippen molar-refractivity contribution >= 4 is 16.9 Å². The maximum absolute atomic E-state index is 13.1. The smallest absolute Gasteiger partial charge is 0.340 e. The number of phenols is 1. The average molecular weight is 391 g/mol. The summed E-state index contributed by atoms with van der Waals surface area (Å²) in [6.45, 7) is 1.54. The van der Waals surface area contributed by atoms with Gasteiger partial charge >= 0.3 is 5.97 Å². The van der Waals surface area contributed by atoms with Crippen molar-refractivity contribution in [1.29, 1.82) is 0 Å². The van der Waals surface area contributed by atoms with E-state index in [0.717, 1.165) is 27.6 Å². The van der Waals surface area contributed by atoms with Gasteiger partial charge in [0.15, 0.2) is 6.10 Å². The third-order valence-corrected chi connectivity index (χ3v) is 6.18. The lowest BCUT2D eigenvalue weighted by Crippen LogP contribution is -2.32. The van der Waals surface area contributed by atoms with Crippen molar-refractivity contribution in [2.45, 2.75) is 32.3 Å². The number of aromatic nitrogens is 2. The number of aliphatic hydroxyl groups excluding tert-OH is 1. The number of nitrogens with zero attached hydrogens (tertiary/aromatic N) is 3. The Labute approximate surface area is 164 Å². The van der Waals surface area contributed by atoms with Crippen molar-refractivity contribution in [1.82, 2.24) is 14.5 Å². The van der Waals surface area contributed by atoms with E-state index in [1.807, 2.05) is 7.05 Å². The summed E-state index contributed by atoms with van der Waals surface area (Å²) in [5, 5.41) is 21.6. The molecule has 0 fully saturated rings. The third-order valence-electron chi connectivity index (χ3n) is 6.18. The number of carbonyl (C=O) groups is 1. The number of fused-ring (bicyclic) bond motifs is 5. The highest BCUT2D eigenvalue weighted by molar-refractivity contribution is 5.93. The molecule has 0 radical (unpaired) electrons. The molecule has 3 aromatic rings. The second-order valence-electron chi connectivity index (χ2n) is 7.91. The first-order valence-corrected chi connectivity index (χ1v) is 9.40. The first kappa shape index (κ1) is 16.7. The molecule has 2 N–H and O–H groups in total. The number of esters is 1. The van der Waals surface area contributed by atoms with E-state index < -0.39 is 12.1 Å². The highest BCUT2D eigenvalue weighted by Crippen LogP contribution is 2.42. The van der Waals surface area contributed by atoms with Gasteiger partial charge in [-0.1, -0.05) is 0 Å². The minimum atomic E-state index is -1.46. The van der Waals surface area contributed by atoms with Gasteiger partial charge in [0, 0.05) is 35.2 Å². The lowest BCUT2D eigenvalue weighted by molar-refractivity contribution is -0.157. The number of pyridine rings is 2. The van der Waals surface area contributed by atoms with Gasteiger partial charge in [-0.25, -0.2) is 9.78 Å². The van der Waals surface area contributed by atoms with Crippen LogP contribution in [0.2, 0.25) is 0 Å². The van der Waals surface area contributed by atoms with Crippen molar-refractivity contribution in [2.75, 3.05) is 7.05 Å². The van der Waals surface area contributed by atoms with E-state index in [1.165, 1.54) is 0 Å². The molecule has 8 nitrogen and oxygen atoms in total. The Bertz CT molecular complexity index is 1330. The SMILES string of the molecule is CN1Cc2c(O)ccc3nc4c(c(c23)C1)Cn1c-4cc2c(c1=O)COC(=O)C2O. The van der Waals surface area contributed by atoms with Crippen LogP contribution in [0.25, 0.3) is 22.3 Å². The predicted octanol–water partition coefficient (Wildman–Crippen LogP) is 1.17. The van der Waals surface area contributed by atoms with E-state index in [2.05, 4.69) is 4.90 Å². The van der Waals surface area contributed by atoms with Crippen LogP contribution in [0.3, 0.4) is 0 Å². The van der Waals surface area contributed by atoms with E-state index in [0.29, 0.717) is 42.1 Å². The average Bonchev–Trinajstić information content (AvgIpc) is 3.07. The molecule has 3 aliphatic heterocycles. The van der Waals surface area contributed by atoms with E-state index in [1.54, 1.807) is 22.8 Å². The number of benzene rings is 1. The molecule has 6 rings (SSSR count). The first-order chi connectivity index (χ1) is 13.9. The molecule has 5 heterocycles. The van der Waals surface area contributed by atoms with Gasteiger partial charge in [-0.3, -0.25) is 9.69 Å². The number of hydrogen-bond acceptors (Lipinski definition) is 7. The molecule has 1 unspecified atom stereocenters. The fourth-order valence-corrected chi connectivity index (χ4v) is 4.81. The van der Waals surface area contributed by atoms with Crippen LogP contribution in [0.1, 0.15) is 33.9 Å². The minimum Gasteiger partial charge on any atom is -0.508 e. The molecule has 1 atom stereocenters. The van der Waals surface area contributed by atoms with Crippen molar-refractivity contribution in [3.05, 3.63) is 56.4 Å². The fraction of sp³-hybridized carbons (Fsp3) is 0.286. The number of phenolic OH excluding ortho intramolecular Hbond substituents is 1. The lowest BCUT2D eigenvalue weighted by Gasteiger charge is -2.27. The number of aromatic hydroxyl groups is 1. The summed E-state index contributed by atoms with van der Waals surface area (Å²) in [4.78, 5) is 31.8. The van der Waals surface area contributed by atoms with Crippen molar-refractivity contribution in [3.8, 4) is 17.1 Å². The Morgan fingerprint density at radius 2 is 1.90 bits per heavy atom. The zero-order chi connectivity index (χ0) is 20.0. The van der Waals surface area contributed by atoms with Gasteiger partial charge < -0.3 is 19.5 Å². The highest BCUT2D eigenvalue weighted by Gasteiger charge is 2.35. The zero-order valence-corrected chi connectivity index (χ0v) is 15.6. The molecule has 0 bridgehead atoms. The molecule has 146 valence electrons. The molecule has 3 aliphatic rings. The summed E-state index contributed by atoms with van der Waals surface area (Å²) in [5.74, 6) is -0.502. The van der Waals surface area contributed by atoms with Gasteiger partial charge in [0.1, 0.15) is 12.4 Å². The number of cyclic esters (lactones) is 1. The van der Waals surface area contributed by atoms with Gasteiger partial charge in [0.05, 0.1) is 29.0 Å². The predicted molar refractivity (Wildman–Crippen MR) is 102 cm³/mol. The maximum atomic E-state index is 13.1. The lowest BCUT2D eigenvalue weighted by atomic mass is 9.92. The summed E-state index contributed by atoms with van der Waals surface area (Å²) in [7, 11) is 1.99. The number of carbonyl (C=O) groups excluding carboxylic acids is 1. The molecule has 0 spiro atoms. The zero-order valence-electron chi connectivity index (χ0n) is 15.6. The van der Waals surface area contributed by atoms with Crippen LogP contribution in [0.15, 0.2) is 23.0 Å². The quantitative estimate of drug-likeness (QED) is 0.434.